The standard InChI is InChI=1S/C23H30N4O/c28-23(20-25-11-15-26(16-12-25)22-9-5-2-6-10-22)27-17-13-24(14-18-27)19-21-7-3-1-4-8-21/h1-10H,11-20H2. The van der Waals surface area contributed by atoms with Crippen LogP contribution in [0.4, 0.5) is 5.69 Å². The molecule has 1 amide bonds. The molecule has 2 heterocycles. The van der Waals surface area contributed by atoms with E-state index in [1.807, 2.05) is 4.90 Å². The molecule has 0 unspecified atom stereocenters. The highest BCUT2D eigenvalue weighted by Gasteiger charge is 2.24. The number of piperazine rings is 2. The van der Waals surface area contributed by atoms with Crippen LogP contribution in [-0.4, -0.2) is 79.5 Å². The second-order valence-electron chi connectivity index (χ2n) is 7.74. The number of amides is 1. The van der Waals surface area contributed by atoms with Gasteiger partial charge in [0, 0.05) is 64.6 Å². The highest BCUT2D eigenvalue weighted by molar-refractivity contribution is 5.78. The fraction of sp³-hybridized carbons (Fsp3) is 0.435. The lowest BCUT2D eigenvalue weighted by Crippen LogP contribution is -2.53. The lowest BCUT2D eigenvalue weighted by Gasteiger charge is -2.38. The lowest BCUT2D eigenvalue weighted by atomic mass is 10.2. The van der Waals surface area contributed by atoms with Gasteiger partial charge < -0.3 is 9.80 Å². The van der Waals surface area contributed by atoms with E-state index in [9.17, 15) is 4.79 Å². The Balaban J connectivity index is 1.19. The minimum Gasteiger partial charge on any atom is -0.369 e. The number of carbonyl (C=O) groups excluding carboxylic acids is 1. The van der Waals surface area contributed by atoms with Gasteiger partial charge in [-0.3, -0.25) is 14.6 Å². The Bertz CT molecular complexity index is 736. The SMILES string of the molecule is O=C(CN1CCN(c2ccccc2)CC1)N1CCN(Cc2ccccc2)CC1. The van der Waals surface area contributed by atoms with Crippen molar-refractivity contribution in [2.45, 2.75) is 6.54 Å². The van der Waals surface area contributed by atoms with Crippen molar-refractivity contribution < 1.29 is 4.79 Å². The van der Waals surface area contributed by atoms with Crippen LogP contribution in [0.2, 0.25) is 0 Å². The number of carbonyl (C=O) groups is 1. The number of rotatable bonds is 5. The minimum absolute atomic E-state index is 0.285. The Kier molecular flexibility index (Phi) is 6.24. The Morgan fingerprint density at radius 2 is 1.25 bits per heavy atom. The van der Waals surface area contributed by atoms with E-state index in [0.717, 1.165) is 58.9 Å². The molecule has 0 N–H and O–H groups in total. The van der Waals surface area contributed by atoms with Gasteiger partial charge in [-0.1, -0.05) is 48.5 Å². The van der Waals surface area contributed by atoms with Crippen LogP contribution < -0.4 is 4.90 Å². The van der Waals surface area contributed by atoms with Crippen LogP contribution in [-0.2, 0) is 11.3 Å². The smallest absolute Gasteiger partial charge is 0.236 e. The van der Waals surface area contributed by atoms with Gasteiger partial charge in [-0.2, -0.15) is 0 Å². The molecule has 0 saturated carbocycles. The van der Waals surface area contributed by atoms with Crippen LogP contribution in [0.3, 0.4) is 0 Å². The maximum Gasteiger partial charge on any atom is 0.236 e. The first-order valence-electron chi connectivity index (χ1n) is 10.3. The predicted octanol–water partition coefficient (Wildman–Crippen LogP) is 2.15. The first kappa shape index (κ1) is 19.0. The molecule has 0 radical (unpaired) electrons. The largest absolute Gasteiger partial charge is 0.369 e. The van der Waals surface area contributed by atoms with Gasteiger partial charge >= 0.3 is 0 Å². The third kappa shape index (κ3) is 4.91. The van der Waals surface area contributed by atoms with E-state index < -0.39 is 0 Å². The predicted molar refractivity (Wildman–Crippen MR) is 113 cm³/mol. The maximum absolute atomic E-state index is 12.7. The Morgan fingerprint density at radius 1 is 0.679 bits per heavy atom. The average molecular weight is 379 g/mol. The molecular formula is C23H30N4O. The fourth-order valence-electron chi connectivity index (χ4n) is 4.09. The molecule has 5 nitrogen and oxygen atoms in total. The number of nitrogens with zero attached hydrogens (tertiary/aromatic N) is 4. The molecule has 148 valence electrons. The number of benzene rings is 2. The first-order valence-corrected chi connectivity index (χ1v) is 10.3. The molecule has 2 aromatic carbocycles. The van der Waals surface area contributed by atoms with Crippen LogP contribution in [0.15, 0.2) is 60.7 Å². The molecule has 0 bridgehead atoms. The summed E-state index contributed by atoms with van der Waals surface area (Å²) >= 11 is 0. The van der Waals surface area contributed by atoms with E-state index in [-0.39, 0.29) is 5.91 Å². The topological polar surface area (TPSA) is 30.0 Å². The van der Waals surface area contributed by atoms with Crippen molar-refractivity contribution in [2.75, 3.05) is 63.8 Å². The molecule has 2 saturated heterocycles. The van der Waals surface area contributed by atoms with Gasteiger partial charge in [-0.05, 0) is 17.7 Å². The summed E-state index contributed by atoms with van der Waals surface area (Å²) in [7, 11) is 0. The van der Waals surface area contributed by atoms with Gasteiger partial charge in [0.05, 0.1) is 6.54 Å². The molecule has 0 atom stereocenters. The van der Waals surface area contributed by atoms with Gasteiger partial charge in [-0.25, -0.2) is 0 Å². The Labute approximate surface area is 168 Å². The summed E-state index contributed by atoms with van der Waals surface area (Å²) in [5.74, 6) is 0.285. The maximum atomic E-state index is 12.7. The van der Waals surface area contributed by atoms with Crippen molar-refractivity contribution in [3.05, 3.63) is 66.2 Å². The van der Waals surface area contributed by atoms with Crippen molar-refractivity contribution in [3.63, 3.8) is 0 Å². The number of anilines is 1. The zero-order chi connectivity index (χ0) is 19.2. The molecule has 2 aliphatic rings. The molecule has 2 aliphatic heterocycles. The number of para-hydroxylation sites is 1. The van der Waals surface area contributed by atoms with Gasteiger partial charge in [0.2, 0.25) is 5.91 Å². The second-order valence-corrected chi connectivity index (χ2v) is 7.74. The van der Waals surface area contributed by atoms with Crippen molar-refractivity contribution in [1.29, 1.82) is 0 Å². The van der Waals surface area contributed by atoms with Crippen molar-refractivity contribution in [1.82, 2.24) is 14.7 Å². The van der Waals surface area contributed by atoms with E-state index in [1.54, 1.807) is 0 Å². The molecular weight excluding hydrogens is 348 g/mol. The molecule has 2 aromatic rings. The monoisotopic (exact) mass is 378 g/mol. The van der Waals surface area contributed by atoms with Crippen LogP contribution in [0.25, 0.3) is 0 Å². The molecule has 5 heteroatoms. The van der Waals surface area contributed by atoms with E-state index >= 15 is 0 Å². The molecule has 28 heavy (non-hydrogen) atoms. The number of hydrogen-bond acceptors (Lipinski definition) is 4. The zero-order valence-corrected chi connectivity index (χ0v) is 16.5. The summed E-state index contributed by atoms with van der Waals surface area (Å²) in [6.45, 7) is 9.02. The quantitative estimate of drug-likeness (QED) is 0.798. The summed E-state index contributed by atoms with van der Waals surface area (Å²) in [4.78, 5) is 21.9. The summed E-state index contributed by atoms with van der Waals surface area (Å²) in [5, 5.41) is 0. The average Bonchev–Trinajstić information content (AvgIpc) is 2.76. The fourth-order valence-corrected chi connectivity index (χ4v) is 4.09. The zero-order valence-electron chi connectivity index (χ0n) is 16.5. The highest BCUT2D eigenvalue weighted by atomic mass is 16.2. The molecule has 0 spiro atoms. The van der Waals surface area contributed by atoms with E-state index in [1.165, 1.54) is 11.3 Å². The Morgan fingerprint density at radius 3 is 1.89 bits per heavy atom. The minimum atomic E-state index is 0.285. The van der Waals surface area contributed by atoms with Crippen molar-refractivity contribution in [2.24, 2.45) is 0 Å². The summed E-state index contributed by atoms with van der Waals surface area (Å²) in [5.41, 5.74) is 2.63. The first-order chi connectivity index (χ1) is 13.8. The third-order valence-corrected chi connectivity index (χ3v) is 5.83. The molecule has 2 fully saturated rings. The van der Waals surface area contributed by atoms with Gasteiger partial charge in [0.25, 0.3) is 0 Å². The van der Waals surface area contributed by atoms with Crippen LogP contribution in [0.1, 0.15) is 5.56 Å². The molecule has 0 aromatic heterocycles. The van der Waals surface area contributed by atoms with Gasteiger partial charge in [-0.15, -0.1) is 0 Å². The van der Waals surface area contributed by atoms with Gasteiger partial charge in [0.1, 0.15) is 0 Å². The molecule has 4 rings (SSSR count). The normalized spacial score (nSPS) is 19.0. The van der Waals surface area contributed by atoms with E-state index in [0.29, 0.717) is 6.54 Å². The summed E-state index contributed by atoms with van der Waals surface area (Å²) in [6.07, 6.45) is 0. The Hall–Kier alpha value is -2.37. The van der Waals surface area contributed by atoms with Crippen molar-refractivity contribution in [3.8, 4) is 0 Å². The van der Waals surface area contributed by atoms with Crippen LogP contribution in [0.5, 0.6) is 0 Å². The summed E-state index contributed by atoms with van der Waals surface area (Å²) < 4.78 is 0. The van der Waals surface area contributed by atoms with Crippen LogP contribution in [0, 0.1) is 0 Å². The van der Waals surface area contributed by atoms with Crippen molar-refractivity contribution >= 4 is 11.6 Å². The highest BCUT2D eigenvalue weighted by Crippen LogP contribution is 2.16. The third-order valence-electron chi connectivity index (χ3n) is 5.83. The van der Waals surface area contributed by atoms with E-state index in [2.05, 4.69) is 75.4 Å². The number of hydrogen-bond donors (Lipinski definition) is 0. The van der Waals surface area contributed by atoms with Gasteiger partial charge in [0.15, 0.2) is 0 Å². The lowest BCUT2D eigenvalue weighted by molar-refractivity contribution is -0.134. The van der Waals surface area contributed by atoms with Crippen LogP contribution >= 0.6 is 0 Å². The van der Waals surface area contributed by atoms with E-state index in [4.69, 9.17) is 0 Å². The molecule has 0 aliphatic carbocycles. The second kappa shape index (κ2) is 9.22. The summed E-state index contributed by atoms with van der Waals surface area (Å²) in [6, 6.07) is 21.1.